The van der Waals surface area contributed by atoms with Crippen LogP contribution in [0, 0.1) is 6.92 Å². The lowest BCUT2D eigenvalue weighted by atomic mass is 9.88. The maximum Gasteiger partial charge on any atom is 0.342 e. The molecule has 1 fully saturated rings. The number of carbonyl (C=O) groups is 1. The average molecular weight is 507 g/mol. The van der Waals surface area contributed by atoms with Crippen molar-refractivity contribution in [1.82, 2.24) is 9.80 Å². The number of esters is 1. The van der Waals surface area contributed by atoms with Crippen LogP contribution in [0.5, 0.6) is 5.75 Å². The molecule has 0 bridgehead atoms. The van der Waals surface area contributed by atoms with Gasteiger partial charge >= 0.3 is 5.97 Å². The number of carbonyl (C=O) groups excluding carboxylic acids is 1. The van der Waals surface area contributed by atoms with Crippen molar-refractivity contribution < 1.29 is 19.1 Å². The summed E-state index contributed by atoms with van der Waals surface area (Å²) >= 11 is 6.25. The topological polar surface area (TPSA) is 66.2 Å². The summed E-state index contributed by atoms with van der Waals surface area (Å²) in [6.45, 7) is 10.5. The van der Waals surface area contributed by atoms with Crippen LogP contribution < -0.4 is 0 Å². The van der Waals surface area contributed by atoms with E-state index < -0.39 is 5.97 Å². The summed E-state index contributed by atoms with van der Waals surface area (Å²) < 4.78 is 11.7. The minimum Gasteiger partial charge on any atom is -0.507 e. The average Bonchev–Trinajstić information content (AvgIpc) is 3.24. The molecule has 1 atom stereocenters. The minimum atomic E-state index is -0.449. The molecule has 0 amide bonds. The van der Waals surface area contributed by atoms with Gasteiger partial charge in [-0.05, 0) is 38.1 Å². The van der Waals surface area contributed by atoms with Crippen molar-refractivity contribution in [1.29, 1.82) is 0 Å². The van der Waals surface area contributed by atoms with Gasteiger partial charge in [-0.2, -0.15) is 0 Å². The number of furan rings is 1. The molecule has 0 aliphatic carbocycles. The number of aromatic hydroxyl groups is 1. The second-order valence-electron chi connectivity index (χ2n) is 9.19. The highest BCUT2D eigenvalue weighted by atomic mass is 35.5. The Balaban J connectivity index is 1.83. The van der Waals surface area contributed by atoms with E-state index in [1.165, 1.54) is 0 Å². The van der Waals surface area contributed by atoms with Gasteiger partial charge in [-0.3, -0.25) is 4.90 Å². The lowest BCUT2D eigenvalue weighted by Gasteiger charge is -2.40. The molecule has 6 nitrogen and oxygen atoms in total. The van der Waals surface area contributed by atoms with E-state index in [0.29, 0.717) is 38.3 Å². The zero-order chi connectivity index (χ0) is 25.4. The van der Waals surface area contributed by atoms with Crippen LogP contribution >= 0.6 is 11.6 Å². The lowest BCUT2D eigenvalue weighted by Crippen LogP contribution is -2.47. The Hall–Kier alpha value is -3.06. The second kappa shape index (κ2) is 10.1. The number of rotatable bonds is 6. The van der Waals surface area contributed by atoms with Gasteiger partial charge in [-0.25, -0.2) is 4.79 Å². The highest BCUT2D eigenvalue weighted by Crippen LogP contribution is 2.47. The fourth-order valence-electron chi connectivity index (χ4n) is 5.40. The van der Waals surface area contributed by atoms with E-state index in [2.05, 4.69) is 16.7 Å². The van der Waals surface area contributed by atoms with E-state index in [1.807, 2.05) is 48.5 Å². The summed E-state index contributed by atoms with van der Waals surface area (Å²) in [5.74, 6) is 0.184. The van der Waals surface area contributed by atoms with Crippen molar-refractivity contribution in [3.63, 3.8) is 0 Å². The first-order valence-electron chi connectivity index (χ1n) is 12.5. The van der Waals surface area contributed by atoms with Crippen LogP contribution in [0.1, 0.15) is 47.1 Å². The fourth-order valence-corrected chi connectivity index (χ4v) is 5.53. The monoisotopic (exact) mass is 506 g/mol. The number of piperazine rings is 1. The van der Waals surface area contributed by atoms with Crippen LogP contribution in [0.25, 0.3) is 21.7 Å². The number of fused-ring (bicyclic) bond motifs is 3. The summed E-state index contributed by atoms with van der Waals surface area (Å²) in [6.07, 6.45) is 0. The third kappa shape index (κ3) is 4.23. The first-order valence-corrected chi connectivity index (χ1v) is 12.9. The Morgan fingerprint density at radius 2 is 1.72 bits per heavy atom. The van der Waals surface area contributed by atoms with Crippen LogP contribution in [-0.2, 0) is 4.74 Å². The van der Waals surface area contributed by atoms with Crippen LogP contribution in [0.2, 0.25) is 5.02 Å². The number of nitrogens with zero attached hydrogens (tertiary/aromatic N) is 2. The molecular weight excluding hydrogens is 476 g/mol. The van der Waals surface area contributed by atoms with Crippen LogP contribution in [-0.4, -0.2) is 60.2 Å². The highest BCUT2D eigenvalue weighted by molar-refractivity contribution is 6.30. The number of likely N-dealkylation sites (N-methyl/N-ethyl adjacent to an activating group) is 1. The zero-order valence-corrected chi connectivity index (χ0v) is 21.6. The van der Waals surface area contributed by atoms with E-state index in [-0.39, 0.29) is 18.4 Å². The molecule has 1 saturated heterocycles. The van der Waals surface area contributed by atoms with Crippen molar-refractivity contribution in [3.8, 4) is 5.75 Å². The quantitative estimate of drug-likeness (QED) is 0.316. The van der Waals surface area contributed by atoms with Gasteiger partial charge < -0.3 is 19.2 Å². The molecule has 1 N–H and O–H groups in total. The van der Waals surface area contributed by atoms with Gasteiger partial charge in [0.15, 0.2) is 0 Å². The molecule has 5 rings (SSSR count). The van der Waals surface area contributed by atoms with Gasteiger partial charge in [-0.15, -0.1) is 0 Å². The summed E-state index contributed by atoms with van der Waals surface area (Å²) in [6, 6.07) is 15.0. The van der Waals surface area contributed by atoms with Crippen molar-refractivity contribution >= 4 is 39.3 Å². The van der Waals surface area contributed by atoms with E-state index in [1.54, 1.807) is 13.8 Å². The first-order chi connectivity index (χ1) is 17.4. The number of phenolic OH excluding ortho intramolecular Hbond substituents is 1. The summed E-state index contributed by atoms with van der Waals surface area (Å²) in [7, 11) is 0. The molecule has 188 valence electrons. The first kappa shape index (κ1) is 24.6. The molecule has 0 radical (unpaired) electrons. The minimum absolute atomic E-state index is 0.155. The smallest absolute Gasteiger partial charge is 0.342 e. The molecule has 0 saturated carbocycles. The Kier molecular flexibility index (Phi) is 6.93. The number of hydrogen-bond donors (Lipinski definition) is 1. The third-order valence-electron chi connectivity index (χ3n) is 7.19. The summed E-state index contributed by atoms with van der Waals surface area (Å²) in [4.78, 5) is 18.0. The van der Waals surface area contributed by atoms with Gasteiger partial charge in [0.2, 0.25) is 0 Å². The number of hydrogen-bond acceptors (Lipinski definition) is 6. The largest absolute Gasteiger partial charge is 0.507 e. The molecule has 7 heteroatoms. The van der Waals surface area contributed by atoms with E-state index in [9.17, 15) is 9.90 Å². The Morgan fingerprint density at radius 1 is 1.06 bits per heavy atom. The number of benzene rings is 3. The Bertz CT molecular complexity index is 1400. The van der Waals surface area contributed by atoms with Crippen LogP contribution in [0.4, 0.5) is 0 Å². The summed E-state index contributed by atoms with van der Waals surface area (Å²) in [5, 5.41) is 14.6. The maximum absolute atomic E-state index is 13.2. The third-order valence-corrected chi connectivity index (χ3v) is 7.45. The van der Waals surface area contributed by atoms with E-state index in [0.717, 1.165) is 43.7 Å². The van der Waals surface area contributed by atoms with Gasteiger partial charge in [0.05, 0.1) is 12.6 Å². The zero-order valence-electron chi connectivity index (χ0n) is 20.9. The predicted octanol–water partition coefficient (Wildman–Crippen LogP) is 6.16. The standard InChI is InChI=1S/C29H31ClN2O4/c1-4-31-14-16-32(17-15-31)26(19-10-12-20(30)13-11-19)25-24-23(29(34)35-5-2)18(3)36-28(24)22-9-7-6-8-21(22)27(25)33/h6-13,26,33H,4-5,14-17H2,1-3H3/t26-/m0/s1. The molecule has 1 aliphatic heterocycles. The molecule has 0 unspecified atom stereocenters. The van der Waals surface area contributed by atoms with Gasteiger partial charge in [0, 0.05) is 52.9 Å². The molecule has 1 aliphatic rings. The van der Waals surface area contributed by atoms with E-state index >= 15 is 0 Å². The molecule has 36 heavy (non-hydrogen) atoms. The molecule has 0 spiro atoms. The SMILES string of the molecule is CCOC(=O)c1c(C)oc2c1c([C@H](c1ccc(Cl)cc1)N1CCN(CC)CC1)c(O)c1ccccc12. The molecule has 4 aromatic rings. The number of halogens is 1. The van der Waals surface area contributed by atoms with Gasteiger partial charge in [0.1, 0.15) is 22.7 Å². The molecule has 1 aromatic heterocycles. The second-order valence-corrected chi connectivity index (χ2v) is 9.63. The van der Waals surface area contributed by atoms with Gasteiger partial charge in [-0.1, -0.05) is 54.9 Å². The van der Waals surface area contributed by atoms with Crippen LogP contribution in [0.15, 0.2) is 52.9 Å². The molecule has 2 heterocycles. The van der Waals surface area contributed by atoms with E-state index in [4.69, 9.17) is 20.8 Å². The summed E-state index contributed by atoms with van der Waals surface area (Å²) in [5.41, 5.74) is 2.61. The number of aryl methyl sites for hydroxylation is 1. The fraction of sp³-hybridized carbons (Fsp3) is 0.345. The van der Waals surface area contributed by atoms with Crippen molar-refractivity contribution in [3.05, 3.63) is 76.0 Å². The van der Waals surface area contributed by atoms with Crippen molar-refractivity contribution in [2.24, 2.45) is 0 Å². The maximum atomic E-state index is 13.2. The normalized spacial score (nSPS) is 16.0. The molecule has 3 aromatic carbocycles. The number of phenols is 1. The Labute approximate surface area is 216 Å². The van der Waals surface area contributed by atoms with Gasteiger partial charge in [0.25, 0.3) is 0 Å². The molecular formula is C29H31ClN2O4. The van der Waals surface area contributed by atoms with Crippen molar-refractivity contribution in [2.75, 3.05) is 39.3 Å². The Morgan fingerprint density at radius 3 is 2.36 bits per heavy atom. The lowest BCUT2D eigenvalue weighted by molar-refractivity contribution is 0.0526. The number of ether oxygens (including phenoxy) is 1. The predicted molar refractivity (Wildman–Crippen MR) is 143 cm³/mol. The van der Waals surface area contributed by atoms with Crippen LogP contribution in [0.3, 0.4) is 0 Å². The highest BCUT2D eigenvalue weighted by Gasteiger charge is 2.34. The van der Waals surface area contributed by atoms with Crippen molar-refractivity contribution in [2.45, 2.75) is 26.8 Å².